The highest BCUT2D eigenvalue weighted by molar-refractivity contribution is 5.20. The molecular weight excluding hydrogens is 150 g/mol. The van der Waals surface area contributed by atoms with Crippen LogP contribution in [-0.2, 0) is 0 Å². The molecule has 0 aliphatic carbocycles. The van der Waals surface area contributed by atoms with Crippen LogP contribution in [0.3, 0.4) is 0 Å². The van der Waals surface area contributed by atoms with Crippen molar-refractivity contribution in [3.05, 3.63) is 42.6 Å². The zero-order valence-electron chi connectivity index (χ0n) is 6.81. The molecule has 60 valence electrons. The Labute approximate surface area is 70.7 Å². The van der Waals surface area contributed by atoms with E-state index >= 15 is 0 Å². The van der Waals surface area contributed by atoms with Gasteiger partial charge in [0.1, 0.15) is 0 Å². The number of hydrogen-bond donors (Lipinski definition) is 0. The lowest BCUT2D eigenvalue weighted by molar-refractivity contribution is 0.959. The summed E-state index contributed by atoms with van der Waals surface area (Å²) in [4.78, 5) is 8.37. The van der Waals surface area contributed by atoms with E-state index in [1.54, 1.807) is 12.4 Å². The minimum absolute atomic E-state index is 0.861. The van der Waals surface area contributed by atoms with Gasteiger partial charge in [-0.05, 0) is 19.1 Å². The summed E-state index contributed by atoms with van der Waals surface area (Å²) in [7, 11) is 0. The first kappa shape index (κ1) is 7.03. The maximum atomic E-state index is 4.32. The van der Waals surface area contributed by atoms with Crippen molar-refractivity contribution in [2.45, 2.75) is 6.92 Å². The van der Waals surface area contributed by atoms with Gasteiger partial charge in [-0.25, -0.2) is 4.98 Å². The first-order valence-corrected chi connectivity index (χ1v) is 3.78. The molecule has 0 N–H and O–H groups in total. The summed E-state index contributed by atoms with van der Waals surface area (Å²) in [5, 5.41) is 0. The summed E-state index contributed by atoms with van der Waals surface area (Å²) in [6.07, 6.45) is 7.38. The Kier molecular flexibility index (Phi) is 1.63. The summed E-state index contributed by atoms with van der Waals surface area (Å²) < 4.78 is 1.93. The van der Waals surface area contributed by atoms with Crippen LogP contribution in [0, 0.1) is 6.92 Å². The molecular formula is C9H9N3. The average molecular weight is 159 g/mol. The van der Waals surface area contributed by atoms with Gasteiger partial charge in [0.25, 0.3) is 0 Å². The van der Waals surface area contributed by atoms with E-state index in [4.69, 9.17) is 0 Å². The van der Waals surface area contributed by atoms with Crippen molar-refractivity contribution in [1.82, 2.24) is 14.5 Å². The number of aryl methyl sites for hydroxylation is 1. The molecule has 0 atom stereocenters. The summed E-state index contributed by atoms with van der Waals surface area (Å²) in [5.74, 6) is 0.861. The SMILES string of the molecule is Cc1cncc(-n2cccc2)n1. The van der Waals surface area contributed by atoms with E-state index in [-0.39, 0.29) is 0 Å². The van der Waals surface area contributed by atoms with E-state index in [2.05, 4.69) is 9.97 Å². The van der Waals surface area contributed by atoms with E-state index in [0.29, 0.717) is 0 Å². The first-order valence-electron chi connectivity index (χ1n) is 3.78. The van der Waals surface area contributed by atoms with Crippen molar-refractivity contribution in [2.24, 2.45) is 0 Å². The van der Waals surface area contributed by atoms with Gasteiger partial charge in [-0.3, -0.25) is 4.98 Å². The zero-order chi connectivity index (χ0) is 8.39. The maximum Gasteiger partial charge on any atom is 0.155 e. The number of nitrogens with zero attached hydrogens (tertiary/aromatic N) is 3. The highest BCUT2D eigenvalue weighted by Crippen LogP contribution is 2.02. The topological polar surface area (TPSA) is 30.7 Å². The van der Waals surface area contributed by atoms with Crippen molar-refractivity contribution in [3.8, 4) is 5.82 Å². The maximum absolute atomic E-state index is 4.32. The van der Waals surface area contributed by atoms with Crippen LogP contribution in [0.2, 0.25) is 0 Å². The van der Waals surface area contributed by atoms with Crippen LogP contribution >= 0.6 is 0 Å². The Balaban J connectivity index is 2.48. The highest BCUT2D eigenvalue weighted by Gasteiger charge is 1.95. The van der Waals surface area contributed by atoms with Gasteiger partial charge in [0, 0.05) is 18.6 Å². The quantitative estimate of drug-likeness (QED) is 0.632. The lowest BCUT2D eigenvalue weighted by Gasteiger charge is -2.00. The lowest BCUT2D eigenvalue weighted by atomic mass is 10.5. The van der Waals surface area contributed by atoms with Crippen LogP contribution in [0.4, 0.5) is 0 Å². The molecule has 0 unspecified atom stereocenters. The van der Waals surface area contributed by atoms with Gasteiger partial charge in [-0.2, -0.15) is 0 Å². The second kappa shape index (κ2) is 2.77. The molecule has 2 rings (SSSR count). The largest absolute Gasteiger partial charge is 0.307 e. The van der Waals surface area contributed by atoms with Gasteiger partial charge in [0.2, 0.25) is 0 Å². The van der Waals surface area contributed by atoms with Crippen molar-refractivity contribution in [2.75, 3.05) is 0 Å². The lowest BCUT2D eigenvalue weighted by Crippen LogP contribution is -1.96. The Morgan fingerprint density at radius 2 is 1.92 bits per heavy atom. The van der Waals surface area contributed by atoms with Gasteiger partial charge < -0.3 is 4.57 Å². The fourth-order valence-electron chi connectivity index (χ4n) is 1.06. The molecule has 0 fully saturated rings. The third-order valence-corrected chi connectivity index (χ3v) is 1.61. The number of rotatable bonds is 1. The van der Waals surface area contributed by atoms with Crippen LogP contribution in [-0.4, -0.2) is 14.5 Å². The molecule has 0 amide bonds. The van der Waals surface area contributed by atoms with Crippen LogP contribution in [0.1, 0.15) is 5.69 Å². The molecule has 2 heterocycles. The van der Waals surface area contributed by atoms with E-state index in [1.165, 1.54) is 0 Å². The molecule has 0 saturated heterocycles. The van der Waals surface area contributed by atoms with Crippen LogP contribution in [0.5, 0.6) is 0 Å². The molecule has 3 heteroatoms. The highest BCUT2D eigenvalue weighted by atomic mass is 15.1. The smallest absolute Gasteiger partial charge is 0.155 e. The van der Waals surface area contributed by atoms with E-state index in [9.17, 15) is 0 Å². The second-order valence-electron chi connectivity index (χ2n) is 2.61. The first-order chi connectivity index (χ1) is 5.86. The third-order valence-electron chi connectivity index (χ3n) is 1.61. The fraction of sp³-hybridized carbons (Fsp3) is 0.111. The van der Waals surface area contributed by atoms with Gasteiger partial charge in [0.15, 0.2) is 5.82 Å². The predicted molar refractivity (Wildman–Crippen MR) is 46.1 cm³/mol. The van der Waals surface area contributed by atoms with E-state index in [0.717, 1.165) is 11.5 Å². The zero-order valence-corrected chi connectivity index (χ0v) is 6.81. The molecule has 0 aromatic carbocycles. The van der Waals surface area contributed by atoms with Crippen LogP contribution in [0.15, 0.2) is 36.9 Å². The molecule has 12 heavy (non-hydrogen) atoms. The molecule has 0 radical (unpaired) electrons. The monoisotopic (exact) mass is 159 g/mol. The van der Waals surface area contributed by atoms with E-state index in [1.807, 2.05) is 36.0 Å². The third kappa shape index (κ3) is 1.21. The Hall–Kier alpha value is -1.64. The second-order valence-corrected chi connectivity index (χ2v) is 2.61. The summed E-state index contributed by atoms with van der Waals surface area (Å²) >= 11 is 0. The van der Waals surface area contributed by atoms with Gasteiger partial charge in [-0.1, -0.05) is 0 Å². The van der Waals surface area contributed by atoms with Crippen LogP contribution in [0.25, 0.3) is 5.82 Å². The molecule has 0 aliphatic heterocycles. The minimum atomic E-state index is 0.861. The number of aromatic nitrogens is 3. The Morgan fingerprint density at radius 3 is 2.58 bits per heavy atom. The predicted octanol–water partition coefficient (Wildman–Crippen LogP) is 1.58. The fourth-order valence-corrected chi connectivity index (χ4v) is 1.06. The molecule has 0 aliphatic rings. The average Bonchev–Trinajstić information content (AvgIpc) is 2.56. The van der Waals surface area contributed by atoms with Crippen molar-refractivity contribution < 1.29 is 0 Å². The van der Waals surface area contributed by atoms with Gasteiger partial charge >= 0.3 is 0 Å². The summed E-state index contributed by atoms with van der Waals surface area (Å²) in [5.41, 5.74) is 0.932. The normalized spacial score (nSPS) is 10.1. The molecule has 2 aromatic heterocycles. The van der Waals surface area contributed by atoms with E-state index < -0.39 is 0 Å². The van der Waals surface area contributed by atoms with Crippen LogP contribution < -0.4 is 0 Å². The summed E-state index contributed by atoms with van der Waals surface area (Å²) in [6.45, 7) is 1.93. The molecule has 0 spiro atoms. The molecule has 0 bridgehead atoms. The van der Waals surface area contributed by atoms with Crippen molar-refractivity contribution in [1.29, 1.82) is 0 Å². The molecule has 2 aromatic rings. The Bertz CT molecular complexity index is 365. The number of hydrogen-bond acceptors (Lipinski definition) is 2. The minimum Gasteiger partial charge on any atom is -0.307 e. The van der Waals surface area contributed by atoms with Crippen molar-refractivity contribution >= 4 is 0 Å². The molecule has 3 nitrogen and oxygen atoms in total. The summed E-state index contributed by atoms with van der Waals surface area (Å²) in [6, 6.07) is 3.92. The Morgan fingerprint density at radius 1 is 1.17 bits per heavy atom. The standard InChI is InChI=1S/C9H9N3/c1-8-6-10-7-9(11-8)12-4-2-3-5-12/h2-7H,1H3. The van der Waals surface area contributed by atoms with Crippen molar-refractivity contribution in [3.63, 3.8) is 0 Å². The van der Waals surface area contributed by atoms with Gasteiger partial charge in [0.05, 0.1) is 11.9 Å². The van der Waals surface area contributed by atoms with Gasteiger partial charge in [-0.15, -0.1) is 0 Å². The molecule has 0 saturated carbocycles.